The molecule has 0 saturated carbocycles. The second kappa shape index (κ2) is 8.22. The standard InChI is InChI=1S/C21H26N2O5/c1-3-26-18-6-5-14(11-19(18)27-4-2)21(24)23-9-7-17-16(12-23)22-20(28-17)15-8-10-25-13-15/h5-6,11,15H,3-4,7-10,12-13H2,1-2H3. The minimum Gasteiger partial charge on any atom is -0.490 e. The molecule has 1 unspecified atom stereocenters. The van der Waals surface area contributed by atoms with E-state index in [0.29, 0.717) is 56.4 Å². The number of fused-ring (bicyclic) bond motifs is 1. The van der Waals surface area contributed by atoms with Crippen LogP contribution in [0.4, 0.5) is 0 Å². The van der Waals surface area contributed by atoms with E-state index in [9.17, 15) is 4.79 Å². The number of hydrogen-bond acceptors (Lipinski definition) is 6. The summed E-state index contributed by atoms with van der Waals surface area (Å²) in [7, 11) is 0. The molecule has 28 heavy (non-hydrogen) atoms. The molecule has 150 valence electrons. The van der Waals surface area contributed by atoms with Gasteiger partial charge < -0.3 is 23.5 Å². The number of oxazole rings is 1. The number of benzene rings is 1. The molecule has 3 heterocycles. The lowest BCUT2D eigenvalue weighted by molar-refractivity contribution is 0.0727. The molecule has 2 aliphatic rings. The van der Waals surface area contributed by atoms with Gasteiger partial charge >= 0.3 is 0 Å². The molecule has 1 amide bonds. The molecule has 0 radical (unpaired) electrons. The van der Waals surface area contributed by atoms with Crippen LogP contribution in [0.25, 0.3) is 0 Å². The van der Waals surface area contributed by atoms with Gasteiger partial charge in [0.2, 0.25) is 0 Å². The van der Waals surface area contributed by atoms with Gasteiger partial charge in [0.25, 0.3) is 5.91 Å². The first-order valence-corrected chi connectivity index (χ1v) is 9.94. The van der Waals surface area contributed by atoms with E-state index < -0.39 is 0 Å². The summed E-state index contributed by atoms with van der Waals surface area (Å²) in [6, 6.07) is 5.34. The summed E-state index contributed by atoms with van der Waals surface area (Å²) in [6.07, 6.45) is 1.62. The number of hydrogen-bond donors (Lipinski definition) is 0. The van der Waals surface area contributed by atoms with Crippen LogP contribution in [-0.4, -0.2) is 48.8 Å². The van der Waals surface area contributed by atoms with Crippen molar-refractivity contribution >= 4 is 5.91 Å². The molecule has 0 spiro atoms. The first kappa shape index (κ1) is 18.8. The Labute approximate surface area is 164 Å². The van der Waals surface area contributed by atoms with Crippen molar-refractivity contribution in [2.75, 3.05) is 33.0 Å². The average molecular weight is 386 g/mol. The molecule has 1 saturated heterocycles. The number of carbonyl (C=O) groups is 1. The Balaban J connectivity index is 1.50. The van der Waals surface area contributed by atoms with E-state index in [4.69, 9.17) is 18.6 Å². The summed E-state index contributed by atoms with van der Waals surface area (Å²) in [6.45, 7) is 7.37. The Kier molecular flexibility index (Phi) is 5.52. The predicted octanol–water partition coefficient (Wildman–Crippen LogP) is 3.17. The Hall–Kier alpha value is -2.54. The van der Waals surface area contributed by atoms with Crippen molar-refractivity contribution in [1.82, 2.24) is 9.88 Å². The van der Waals surface area contributed by atoms with Gasteiger partial charge in [0.05, 0.1) is 32.3 Å². The van der Waals surface area contributed by atoms with Crippen LogP contribution in [0.1, 0.15) is 53.9 Å². The Bertz CT molecular complexity index is 841. The molecule has 1 atom stereocenters. The second-order valence-corrected chi connectivity index (χ2v) is 6.99. The lowest BCUT2D eigenvalue weighted by Crippen LogP contribution is -2.35. The van der Waals surface area contributed by atoms with Crippen LogP contribution in [0.5, 0.6) is 11.5 Å². The lowest BCUT2D eigenvalue weighted by Gasteiger charge is -2.25. The summed E-state index contributed by atoms with van der Waals surface area (Å²) in [5.41, 5.74) is 1.45. The third-order valence-electron chi connectivity index (χ3n) is 5.10. The smallest absolute Gasteiger partial charge is 0.254 e. The number of nitrogens with zero attached hydrogens (tertiary/aromatic N) is 2. The number of amides is 1. The van der Waals surface area contributed by atoms with Crippen molar-refractivity contribution in [1.29, 1.82) is 0 Å². The summed E-state index contributed by atoms with van der Waals surface area (Å²) in [4.78, 5) is 19.5. The monoisotopic (exact) mass is 386 g/mol. The third kappa shape index (κ3) is 3.71. The molecule has 1 fully saturated rings. The zero-order valence-corrected chi connectivity index (χ0v) is 16.4. The number of carbonyl (C=O) groups excluding carboxylic acids is 1. The molecule has 0 bridgehead atoms. The molecule has 4 rings (SSSR count). The highest BCUT2D eigenvalue weighted by Gasteiger charge is 2.30. The van der Waals surface area contributed by atoms with Gasteiger partial charge in [-0.15, -0.1) is 0 Å². The summed E-state index contributed by atoms with van der Waals surface area (Å²) in [5, 5.41) is 0. The number of aromatic nitrogens is 1. The Morgan fingerprint density at radius 1 is 1.25 bits per heavy atom. The molecule has 7 nitrogen and oxygen atoms in total. The average Bonchev–Trinajstić information content (AvgIpc) is 3.38. The maximum atomic E-state index is 13.0. The van der Waals surface area contributed by atoms with Gasteiger partial charge in [-0.1, -0.05) is 0 Å². The maximum Gasteiger partial charge on any atom is 0.254 e. The zero-order chi connectivity index (χ0) is 19.5. The van der Waals surface area contributed by atoms with E-state index in [1.807, 2.05) is 18.7 Å². The van der Waals surface area contributed by atoms with Crippen molar-refractivity contribution in [3.8, 4) is 11.5 Å². The van der Waals surface area contributed by atoms with Gasteiger partial charge in [-0.3, -0.25) is 4.79 Å². The second-order valence-electron chi connectivity index (χ2n) is 6.99. The van der Waals surface area contributed by atoms with Gasteiger partial charge in [-0.2, -0.15) is 0 Å². The first-order chi connectivity index (χ1) is 13.7. The van der Waals surface area contributed by atoms with Crippen LogP contribution < -0.4 is 9.47 Å². The fourth-order valence-electron chi connectivity index (χ4n) is 3.66. The van der Waals surface area contributed by atoms with Crippen LogP contribution in [0.2, 0.25) is 0 Å². The van der Waals surface area contributed by atoms with E-state index in [-0.39, 0.29) is 11.8 Å². The molecule has 1 aromatic carbocycles. The van der Waals surface area contributed by atoms with E-state index >= 15 is 0 Å². The van der Waals surface area contributed by atoms with Gasteiger partial charge in [0.15, 0.2) is 17.4 Å². The molecule has 1 aromatic heterocycles. The van der Waals surface area contributed by atoms with Crippen molar-refractivity contribution < 1.29 is 23.4 Å². The van der Waals surface area contributed by atoms with Gasteiger partial charge in [-0.05, 0) is 38.5 Å². The largest absolute Gasteiger partial charge is 0.490 e. The highest BCUT2D eigenvalue weighted by molar-refractivity contribution is 5.95. The fourth-order valence-corrected chi connectivity index (χ4v) is 3.66. The van der Waals surface area contributed by atoms with Crippen molar-refractivity contribution in [2.45, 2.75) is 39.2 Å². The summed E-state index contributed by atoms with van der Waals surface area (Å²) in [5.74, 6) is 3.08. The molecule has 7 heteroatoms. The molecular weight excluding hydrogens is 360 g/mol. The maximum absolute atomic E-state index is 13.0. The van der Waals surface area contributed by atoms with Crippen LogP contribution in [0.15, 0.2) is 22.6 Å². The van der Waals surface area contributed by atoms with Crippen LogP contribution >= 0.6 is 0 Å². The Morgan fingerprint density at radius 2 is 2.07 bits per heavy atom. The van der Waals surface area contributed by atoms with Crippen molar-refractivity contribution in [2.24, 2.45) is 0 Å². The highest BCUT2D eigenvalue weighted by Crippen LogP contribution is 2.31. The minimum atomic E-state index is -0.0385. The number of ether oxygens (including phenoxy) is 3. The topological polar surface area (TPSA) is 74.0 Å². The van der Waals surface area contributed by atoms with E-state index in [0.717, 1.165) is 30.4 Å². The first-order valence-electron chi connectivity index (χ1n) is 9.94. The van der Waals surface area contributed by atoms with Crippen molar-refractivity contribution in [3.05, 3.63) is 41.1 Å². The summed E-state index contributed by atoms with van der Waals surface area (Å²) < 4.78 is 22.6. The highest BCUT2D eigenvalue weighted by atomic mass is 16.5. The SMILES string of the molecule is CCOc1ccc(C(=O)N2CCc3oc(C4CCOC4)nc3C2)cc1OCC. The quantitative estimate of drug-likeness (QED) is 0.759. The normalized spacial score (nSPS) is 18.8. The zero-order valence-electron chi connectivity index (χ0n) is 16.4. The van der Waals surface area contributed by atoms with Gasteiger partial charge in [-0.25, -0.2) is 4.98 Å². The van der Waals surface area contributed by atoms with Crippen LogP contribution in [0.3, 0.4) is 0 Å². The molecule has 2 aromatic rings. The van der Waals surface area contributed by atoms with Crippen molar-refractivity contribution in [3.63, 3.8) is 0 Å². The lowest BCUT2D eigenvalue weighted by atomic mass is 10.1. The fraction of sp³-hybridized carbons (Fsp3) is 0.524. The van der Waals surface area contributed by atoms with Crippen LogP contribution in [-0.2, 0) is 17.7 Å². The summed E-state index contributed by atoms with van der Waals surface area (Å²) >= 11 is 0. The van der Waals surface area contributed by atoms with Gasteiger partial charge in [0.1, 0.15) is 11.5 Å². The van der Waals surface area contributed by atoms with E-state index in [1.165, 1.54) is 0 Å². The molecular formula is C21H26N2O5. The predicted molar refractivity (Wildman–Crippen MR) is 102 cm³/mol. The van der Waals surface area contributed by atoms with E-state index in [1.54, 1.807) is 18.2 Å². The molecule has 2 aliphatic heterocycles. The van der Waals surface area contributed by atoms with Gasteiger partial charge in [0, 0.05) is 25.1 Å². The Morgan fingerprint density at radius 3 is 2.82 bits per heavy atom. The molecule has 0 N–H and O–H groups in total. The number of rotatable bonds is 6. The molecule has 0 aliphatic carbocycles. The van der Waals surface area contributed by atoms with Crippen LogP contribution in [0, 0.1) is 0 Å². The third-order valence-corrected chi connectivity index (χ3v) is 5.10. The van der Waals surface area contributed by atoms with E-state index in [2.05, 4.69) is 4.98 Å². The minimum absolute atomic E-state index is 0.0385.